The van der Waals surface area contributed by atoms with E-state index < -0.39 is 5.60 Å². The van der Waals surface area contributed by atoms with Gasteiger partial charge in [0.2, 0.25) is 0 Å². The highest BCUT2D eigenvalue weighted by molar-refractivity contribution is 5.68. The number of amides is 1. The Labute approximate surface area is 155 Å². The first kappa shape index (κ1) is 20.0. The molecule has 1 amide bonds. The van der Waals surface area contributed by atoms with Gasteiger partial charge in [-0.15, -0.1) is 0 Å². The van der Waals surface area contributed by atoms with Gasteiger partial charge in [-0.05, 0) is 45.7 Å². The first-order valence-electron chi connectivity index (χ1n) is 9.14. The van der Waals surface area contributed by atoms with Crippen molar-refractivity contribution in [3.63, 3.8) is 0 Å². The molecule has 0 aliphatic carbocycles. The maximum atomic E-state index is 12.1. The Bertz CT molecular complexity index is 575. The zero-order valence-electron chi connectivity index (χ0n) is 15.9. The van der Waals surface area contributed by atoms with Gasteiger partial charge in [0, 0.05) is 32.6 Å². The highest BCUT2D eigenvalue weighted by Crippen LogP contribution is 2.19. The molecule has 1 aliphatic rings. The molecule has 2 rings (SSSR count). The summed E-state index contributed by atoms with van der Waals surface area (Å²) >= 11 is 0. The molecule has 0 spiro atoms. The van der Waals surface area contributed by atoms with Crippen molar-refractivity contribution in [3.8, 4) is 5.75 Å². The number of hydrogen-bond acceptors (Lipinski definition) is 6. The molecule has 0 bridgehead atoms. The lowest BCUT2D eigenvalue weighted by Gasteiger charge is -2.36. The molecular weight excluding hydrogens is 334 g/mol. The third-order valence-electron chi connectivity index (χ3n) is 3.96. The van der Waals surface area contributed by atoms with Crippen molar-refractivity contribution in [3.05, 3.63) is 18.3 Å². The van der Waals surface area contributed by atoms with Crippen LogP contribution in [0.3, 0.4) is 0 Å². The molecule has 1 aromatic heterocycles. The maximum Gasteiger partial charge on any atom is 0.410 e. The largest absolute Gasteiger partial charge is 0.492 e. The Balaban J connectivity index is 1.76. The van der Waals surface area contributed by atoms with Crippen molar-refractivity contribution in [1.29, 1.82) is 0 Å². The number of piperazine rings is 1. The smallest absolute Gasteiger partial charge is 0.410 e. The Kier molecular flexibility index (Phi) is 7.24. The fourth-order valence-corrected chi connectivity index (χ4v) is 2.61. The minimum Gasteiger partial charge on any atom is -0.492 e. The van der Waals surface area contributed by atoms with E-state index in [1.54, 1.807) is 11.1 Å². The highest BCUT2D eigenvalue weighted by Gasteiger charge is 2.26. The SMILES string of the molecule is CC(C)(C)OC(=O)N1CCN(c2ccc(OCCCCC=O)cn2)CC1. The number of aromatic nitrogens is 1. The normalized spacial score (nSPS) is 14.9. The second-order valence-corrected chi connectivity index (χ2v) is 7.32. The Morgan fingerprint density at radius 1 is 1.19 bits per heavy atom. The number of anilines is 1. The van der Waals surface area contributed by atoms with Crippen LogP contribution in [0.4, 0.5) is 10.6 Å². The first-order valence-corrected chi connectivity index (χ1v) is 9.14. The Morgan fingerprint density at radius 3 is 2.50 bits per heavy atom. The molecule has 7 nitrogen and oxygen atoms in total. The van der Waals surface area contributed by atoms with Gasteiger partial charge in [0.05, 0.1) is 12.8 Å². The van der Waals surface area contributed by atoms with Crippen LogP contribution >= 0.6 is 0 Å². The van der Waals surface area contributed by atoms with Gasteiger partial charge in [0.25, 0.3) is 0 Å². The van der Waals surface area contributed by atoms with E-state index in [1.807, 2.05) is 32.9 Å². The van der Waals surface area contributed by atoms with Crippen LogP contribution in [0.15, 0.2) is 18.3 Å². The summed E-state index contributed by atoms with van der Waals surface area (Å²) in [4.78, 5) is 30.7. The first-order chi connectivity index (χ1) is 12.4. The summed E-state index contributed by atoms with van der Waals surface area (Å²) in [7, 11) is 0. The fraction of sp³-hybridized carbons (Fsp3) is 0.632. The summed E-state index contributed by atoms with van der Waals surface area (Å²) in [6.07, 6.45) is 4.66. The minimum atomic E-state index is -0.473. The van der Waals surface area contributed by atoms with Crippen LogP contribution in [-0.2, 0) is 9.53 Å². The summed E-state index contributed by atoms with van der Waals surface area (Å²) in [6, 6.07) is 3.84. The van der Waals surface area contributed by atoms with E-state index in [9.17, 15) is 9.59 Å². The predicted molar refractivity (Wildman–Crippen MR) is 99.7 cm³/mol. The lowest BCUT2D eigenvalue weighted by Crippen LogP contribution is -2.50. The van der Waals surface area contributed by atoms with Gasteiger partial charge in [-0.3, -0.25) is 0 Å². The average molecular weight is 363 g/mol. The van der Waals surface area contributed by atoms with Gasteiger partial charge < -0.3 is 24.1 Å². The average Bonchev–Trinajstić information content (AvgIpc) is 2.61. The molecule has 1 fully saturated rings. The van der Waals surface area contributed by atoms with Crippen molar-refractivity contribution in [2.45, 2.75) is 45.6 Å². The molecule has 0 N–H and O–H groups in total. The number of ether oxygens (including phenoxy) is 2. The standard InChI is InChI=1S/C19H29N3O4/c1-19(2,3)26-18(24)22-11-9-21(10-12-22)17-8-7-16(15-20-17)25-14-6-4-5-13-23/h7-8,13,15H,4-6,9-12,14H2,1-3H3. The van der Waals surface area contributed by atoms with Crippen molar-refractivity contribution in [2.75, 3.05) is 37.7 Å². The molecule has 0 saturated carbocycles. The number of aldehydes is 1. The summed E-state index contributed by atoms with van der Waals surface area (Å²) in [5, 5.41) is 0. The molecule has 1 saturated heterocycles. The van der Waals surface area contributed by atoms with E-state index in [4.69, 9.17) is 9.47 Å². The van der Waals surface area contributed by atoms with Gasteiger partial charge >= 0.3 is 6.09 Å². The summed E-state index contributed by atoms with van der Waals surface area (Å²) in [5.41, 5.74) is -0.473. The van der Waals surface area contributed by atoms with E-state index >= 15 is 0 Å². The van der Waals surface area contributed by atoms with E-state index in [-0.39, 0.29) is 6.09 Å². The molecule has 7 heteroatoms. The quantitative estimate of drug-likeness (QED) is 0.548. The van der Waals surface area contributed by atoms with Crippen molar-refractivity contribution < 1.29 is 19.1 Å². The molecule has 0 radical (unpaired) electrons. The lowest BCUT2D eigenvalue weighted by atomic mass is 10.2. The van der Waals surface area contributed by atoms with Crippen LogP contribution < -0.4 is 9.64 Å². The number of carbonyl (C=O) groups excluding carboxylic acids is 2. The monoisotopic (exact) mass is 363 g/mol. The summed E-state index contributed by atoms with van der Waals surface area (Å²) in [5.74, 6) is 1.61. The van der Waals surface area contributed by atoms with Crippen LogP contribution in [0.2, 0.25) is 0 Å². The molecule has 144 valence electrons. The number of hydrogen-bond donors (Lipinski definition) is 0. The second kappa shape index (κ2) is 9.40. The summed E-state index contributed by atoms with van der Waals surface area (Å²) < 4.78 is 11.0. The molecule has 2 heterocycles. The van der Waals surface area contributed by atoms with E-state index in [2.05, 4.69) is 9.88 Å². The van der Waals surface area contributed by atoms with E-state index in [1.165, 1.54) is 0 Å². The second-order valence-electron chi connectivity index (χ2n) is 7.32. The van der Waals surface area contributed by atoms with Gasteiger partial charge in [-0.1, -0.05) is 0 Å². The fourth-order valence-electron chi connectivity index (χ4n) is 2.61. The molecule has 0 aromatic carbocycles. The van der Waals surface area contributed by atoms with E-state index in [0.717, 1.165) is 43.8 Å². The van der Waals surface area contributed by atoms with Gasteiger partial charge in [0.15, 0.2) is 0 Å². The number of unbranched alkanes of at least 4 members (excludes halogenated alkanes) is 2. The van der Waals surface area contributed by atoms with Crippen LogP contribution in [-0.4, -0.2) is 60.7 Å². The Hall–Kier alpha value is -2.31. The third-order valence-corrected chi connectivity index (χ3v) is 3.96. The van der Waals surface area contributed by atoms with E-state index in [0.29, 0.717) is 26.1 Å². The van der Waals surface area contributed by atoms with Gasteiger partial charge in [0.1, 0.15) is 23.5 Å². The number of pyridine rings is 1. The van der Waals surface area contributed by atoms with Crippen molar-refractivity contribution in [2.24, 2.45) is 0 Å². The zero-order valence-corrected chi connectivity index (χ0v) is 15.9. The topological polar surface area (TPSA) is 72.0 Å². The van der Waals surface area contributed by atoms with Crippen LogP contribution in [0.25, 0.3) is 0 Å². The molecule has 0 unspecified atom stereocenters. The highest BCUT2D eigenvalue weighted by atomic mass is 16.6. The van der Waals surface area contributed by atoms with Crippen LogP contribution in [0.5, 0.6) is 5.75 Å². The maximum absolute atomic E-state index is 12.1. The van der Waals surface area contributed by atoms with Gasteiger partial charge in [-0.25, -0.2) is 9.78 Å². The van der Waals surface area contributed by atoms with Crippen molar-refractivity contribution >= 4 is 18.2 Å². The summed E-state index contributed by atoms with van der Waals surface area (Å²) in [6.45, 7) is 8.88. The number of nitrogens with zero attached hydrogens (tertiary/aromatic N) is 3. The third kappa shape index (κ3) is 6.54. The number of carbonyl (C=O) groups is 2. The van der Waals surface area contributed by atoms with Crippen LogP contribution in [0.1, 0.15) is 40.0 Å². The zero-order chi connectivity index (χ0) is 19.0. The van der Waals surface area contributed by atoms with Crippen LogP contribution in [0, 0.1) is 0 Å². The molecular formula is C19H29N3O4. The predicted octanol–water partition coefficient (Wildman–Crippen LogP) is 2.89. The van der Waals surface area contributed by atoms with Gasteiger partial charge in [-0.2, -0.15) is 0 Å². The Morgan fingerprint density at radius 2 is 1.92 bits per heavy atom. The lowest BCUT2D eigenvalue weighted by molar-refractivity contribution is -0.107. The molecule has 26 heavy (non-hydrogen) atoms. The minimum absolute atomic E-state index is 0.261. The molecule has 1 aliphatic heterocycles. The number of rotatable bonds is 7. The van der Waals surface area contributed by atoms with Crippen molar-refractivity contribution in [1.82, 2.24) is 9.88 Å². The molecule has 0 atom stereocenters. The molecule has 1 aromatic rings.